The second-order valence-corrected chi connectivity index (χ2v) is 6.40. The summed E-state index contributed by atoms with van der Waals surface area (Å²) in [6, 6.07) is 8.16. The Morgan fingerprint density at radius 2 is 1.91 bits per heavy atom. The van der Waals surface area contributed by atoms with Crippen LogP contribution in [0.4, 0.5) is 0 Å². The number of hydrogen-bond donors (Lipinski definition) is 2. The predicted molar refractivity (Wildman–Crippen MR) is 90.3 cm³/mol. The molecule has 2 N–H and O–H groups in total. The Balaban J connectivity index is 1.71. The Labute approximate surface area is 138 Å². The maximum Gasteiger partial charge on any atom is 0.234 e. The Morgan fingerprint density at radius 1 is 1.26 bits per heavy atom. The van der Waals surface area contributed by atoms with E-state index in [9.17, 15) is 9.90 Å². The minimum atomic E-state index is 0.0487. The van der Waals surface area contributed by atoms with Crippen LogP contribution >= 0.6 is 0 Å². The number of likely N-dealkylation sites (N-methyl/N-ethyl adjacent to an activating group) is 1. The molecule has 0 bridgehead atoms. The van der Waals surface area contributed by atoms with Crippen LogP contribution in [-0.2, 0) is 11.3 Å². The molecule has 23 heavy (non-hydrogen) atoms. The number of methoxy groups -OCH3 is 1. The Kier molecular flexibility index (Phi) is 6.86. The first-order valence-corrected chi connectivity index (χ1v) is 8.33. The summed E-state index contributed by atoms with van der Waals surface area (Å²) in [6.07, 6.45) is 4.24. The minimum absolute atomic E-state index is 0.0487. The van der Waals surface area contributed by atoms with Gasteiger partial charge in [-0.3, -0.25) is 9.69 Å². The van der Waals surface area contributed by atoms with E-state index in [2.05, 4.69) is 10.2 Å². The monoisotopic (exact) mass is 320 g/mol. The largest absolute Gasteiger partial charge is 0.497 e. The minimum Gasteiger partial charge on any atom is -0.497 e. The highest BCUT2D eigenvalue weighted by Gasteiger charge is 2.24. The lowest BCUT2D eigenvalue weighted by atomic mass is 9.86. The number of aliphatic hydroxyl groups is 1. The number of nitrogens with one attached hydrogen (secondary N) is 1. The number of rotatable bonds is 7. The van der Waals surface area contributed by atoms with Gasteiger partial charge in [-0.15, -0.1) is 0 Å². The number of carbonyl (C=O) groups is 1. The standard InChI is InChI=1S/C18H28N2O3/c1-20(16-7-3-15(13-21)4-8-16)12-18(22)19-11-14-5-9-17(23-2)10-6-14/h5-6,9-10,15-16,21H,3-4,7-8,11-13H2,1-2H3,(H,19,22). The van der Waals surface area contributed by atoms with Crippen molar-refractivity contribution in [1.82, 2.24) is 10.2 Å². The van der Waals surface area contributed by atoms with E-state index in [4.69, 9.17) is 4.74 Å². The Morgan fingerprint density at radius 3 is 2.48 bits per heavy atom. The lowest BCUT2D eigenvalue weighted by Crippen LogP contribution is -2.42. The number of aliphatic hydroxyl groups excluding tert-OH is 1. The number of hydrogen-bond acceptors (Lipinski definition) is 4. The van der Waals surface area contributed by atoms with E-state index in [1.807, 2.05) is 31.3 Å². The van der Waals surface area contributed by atoms with E-state index < -0.39 is 0 Å². The second kappa shape index (κ2) is 8.89. The smallest absolute Gasteiger partial charge is 0.234 e. The van der Waals surface area contributed by atoms with E-state index in [1.165, 1.54) is 0 Å². The number of amides is 1. The van der Waals surface area contributed by atoms with Crippen molar-refractivity contribution in [3.63, 3.8) is 0 Å². The first-order valence-electron chi connectivity index (χ1n) is 8.33. The third-order valence-corrected chi connectivity index (χ3v) is 4.74. The van der Waals surface area contributed by atoms with Gasteiger partial charge in [0.25, 0.3) is 0 Å². The van der Waals surface area contributed by atoms with E-state index >= 15 is 0 Å². The van der Waals surface area contributed by atoms with Crippen molar-refractivity contribution in [3.8, 4) is 5.75 Å². The number of ether oxygens (including phenoxy) is 1. The fourth-order valence-electron chi connectivity index (χ4n) is 3.12. The van der Waals surface area contributed by atoms with Crippen molar-refractivity contribution >= 4 is 5.91 Å². The van der Waals surface area contributed by atoms with Gasteiger partial charge in [-0.1, -0.05) is 12.1 Å². The van der Waals surface area contributed by atoms with Gasteiger partial charge in [0.05, 0.1) is 13.7 Å². The average molecular weight is 320 g/mol. The molecule has 0 unspecified atom stereocenters. The van der Waals surface area contributed by atoms with Gasteiger partial charge in [-0.05, 0) is 56.3 Å². The highest BCUT2D eigenvalue weighted by atomic mass is 16.5. The van der Waals surface area contributed by atoms with Crippen LogP contribution in [0.1, 0.15) is 31.2 Å². The molecular formula is C18H28N2O3. The summed E-state index contributed by atoms with van der Waals surface area (Å²) in [7, 11) is 3.65. The average Bonchev–Trinajstić information content (AvgIpc) is 2.60. The van der Waals surface area contributed by atoms with Crippen LogP contribution in [0, 0.1) is 5.92 Å². The topological polar surface area (TPSA) is 61.8 Å². The third-order valence-electron chi connectivity index (χ3n) is 4.74. The van der Waals surface area contributed by atoms with Crippen LogP contribution in [0.5, 0.6) is 5.75 Å². The van der Waals surface area contributed by atoms with Gasteiger partial charge in [0.2, 0.25) is 5.91 Å². The summed E-state index contributed by atoms with van der Waals surface area (Å²) in [6.45, 7) is 1.25. The SMILES string of the molecule is COc1ccc(CNC(=O)CN(C)C2CCC(CO)CC2)cc1. The summed E-state index contributed by atoms with van der Waals surface area (Å²) >= 11 is 0. The van der Waals surface area contributed by atoms with E-state index in [-0.39, 0.29) is 5.91 Å². The first kappa shape index (κ1) is 17.8. The summed E-state index contributed by atoms with van der Waals surface area (Å²) in [5.41, 5.74) is 1.06. The van der Waals surface area contributed by atoms with Crippen LogP contribution in [0.2, 0.25) is 0 Å². The molecular weight excluding hydrogens is 292 g/mol. The third kappa shape index (κ3) is 5.52. The summed E-state index contributed by atoms with van der Waals surface area (Å²) < 4.78 is 5.12. The van der Waals surface area contributed by atoms with E-state index in [0.29, 0.717) is 31.7 Å². The summed E-state index contributed by atoms with van der Waals surface area (Å²) in [5, 5.41) is 12.2. The molecule has 128 valence electrons. The van der Waals surface area contributed by atoms with Crippen molar-refractivity contribution in [1.29, 1.82) is 0 Å². The summed E-state index contributed by atoms with van der Waals surface area (Å²) in [5.74, 6) is 1.31. The van der Waals surface area contributed by atoms with Crippen LogP contribution in [0.25, 0.3) is 0 Å². The zero-order valence-electron chi connectivity index (χ0n) is 14.1. The highest BCUT2D eigenvalue weighted by molar-refractivity contribution is 5.78. The van der Waals surface area contributed by atoms with Gasteiger partial charge in [0.15, 0.2) is 0 Å². The highest BCUT2D eigenvalue weighted by Crippen LogP contribution is 2.26. The molecule has 0 aromatic heterocycles. The normalized spacial score (nSPS) is 21.2. The molecule has 1 saturated carbocycles. The molecule has 1 aromatic carbocycles. The van der Waals surface area contributed by atoms with Crippen molar-refractivity contribution in [2.75, 3.05) is 27.3 Å². The van der Waals surface area contributed by atoms with Gasteiger partial charge < -0.3 is 15.2 Å². The molecule has 5 heteroatoms. The molecule has 0 heterocycles. The fraction of sp³-hybridized carbons (Fsp3) is 0.611. The molecule has 0 saturated heterocycles. The number of carbonyl (C=O) groups excluding carboxylic acids is 1. The zero-order valence-corrected chi connectivity index (χ0v) is 14.1. The van der Waals surface area contributed by atoms with E-state index in [0.717, 1.165) is 37.0 Å². The van der Waals surface area contributed by atoms with Crippen molar-refractivity contribution in [2.45, 2.75) is 38.3 Å². The van der Waals surface area contributed by atoms with Gasteiger partial charge in [-0.2, -0.15) is 0 Å². The predicted octanol–water partition coefficient (Wildman–Crippen LogP) is 1.79. The van der Waals surface area contributed by atoms with Crippen LogP contribution in [-0.4, -0.2) is 49.3 Å². The van der Waals surface area contributed by atoms with Crippen molar-refractivity contribution < 1.29 is 14.6 Å². The molecule has 0 radical (unpaired) electrons. The molecule has 0 aliphatic heterocycles. The van der Waals surface area contributed by atoms with Crippen LogP contribution < -0.4 is 10.1 Å². The molecule has 5 nitrogen and oxygen atoms in total. The second-order valence-electron chi connectivity index (χ2n) is 6.40. The molecule has 1 fully saturated rings. The molecule has 1 aromatic rings. The molecule has 0 atom stereocenters. The number of benzene rings is 1. The first-order chi connectivity index (χ1) is 11.1. The van der Waals surface area contributed by atoms with E-state index in [1.54, 1.807) is 7.11 Å². The summed E-state index contributed by atoms with van der Waals surface area (Å²) in [4.78, 5) is 14.2. The fourth-order valence-corrected chi connectivity index (χ4v) is 3.12. The molecule has 1 amide bonds. The van der Waals surface area contributed by atoms with Crippen LogP contribution in [0.3, 0.4) is 0 Å². The quantitative estimate of drug-likeness (QED) is 0.804. The molecule has 2 rings (SSSR count). The Hall–Kier alpha value is -1.59. The molecule has 1 aliphatic rings. The Bertz CT molecular complexity index is 482. The van der Waals surface area contributed by atoms with Gasteiger partial charge >= 0.3 is 0 Å². The van der Waals surface area contributed by atoms with Crippen molar-refractivity contribution in [3.05, 3.63) is 29.8 Å². The maximum atomic E-state index is 12.1. The lowest BCUT2D eigenvalue weighted by Gasteiger charge is -2.33. The van der Waals surface area contributed by atoms with Gasteiger partial charge in [0.1, 0.15) is 5.75 Å². The maximum absolute atomic E-state index is 12.1. The molecule has 0 spiro atoms. The lowest BCUT2D eigenvalue weighted by molar-refractivity contribution is -0.122. The van der Waals surface area contributed by atoms with Gasteiger partial charge in [0, 0.05) is 19.2 Å². The number of nitrogens with zero attached hydrogens (tertiary/aromatic N) is 1. The van der Waals surface area contributed by atoms with Crippen molar-refractivity contribution in [2.24, 2.45) is 5.92 Å². The van der Waals surface area contributed by atoms with Crippen LogP contribution in [0.15, 0.2) is 24.3 Å². The van der Waals surface area contributed by atoms with Gasteiger partial charge in [-0.25, -0.2) is 0 Å². The zero-order chi connectivity index (χ0) is 16.7. The molecule has 1 aliphatic carbocycles.